The molecule has 9 nitrogen and oxygen atoms in total. The van der Waals surface area contributed by atoms with Crippen molar-refractivity contribution in [3.8, 4) is 0 Å². The van der Waals surface area contributed by atoms with Gasteiger partial charge in [-0.3, -0.25) is 9.59 Å². The number of anilines is 2. The number of carbonyl (C=O) groups is 2. The van der Waals surface area contributed by atoms with E-state index < -0.39 is 15.9 Å². The summed E-state index contributed by atoms with van der Waals surface area (Å²) in [5, 5.41) is 2.81. The molecule has 0 bridgehead atoms. The normalized spacial score (nSPS) is 20.6. The number of morpholine rings is 1. The van der Waals surface area contributed by atoms with Gasteiger partial charge in [-0.05, 0) is 37.1 Å². The zero-order valence-electron chi connectivity index (χ0n) is 17.5. The summed E-state index contributed by atoms with van der Waals surface area (Å²) in [6.45, 7) is 3.63. The summed E-state index contributed by atoms with van der Waals surface area (Å²) in [6.07, 6.45) is 2.42. The second-order valence-electron chi connectivity index (χ2n) is 7.85. The fourth-order valence-electron chi connectivity index (χ4n) is 3.83. The average molecular weight is 439 g/mol. The predicted octanol–water partition coefficient (Wildman–Crippen LogP) is 0.592. The molecule has 0 spiro atoms. The Labute approximate surface area is 178 Å². The minimum Gasteiger partial charge on any atom is -0.378 e. The minimum absolute atomic E-state index is 0.0839. The van der Waals surface area contributed by atoms with E-state index in [0.29, 0.717) is 38.3 Å². The molecule has 1 N–H and O–H groups in total. The predicted molar refractivity (Wildman–Crippen MR) is 115 cm³/mol. The smallest absolute Gasteiger partial charge is 0.243 e. The van der Waals surface area contributed by atoms with Crippen LogP contribution < -0.4 is 10.2 Å². The lowest BCUT2D eigenvalue weighted by atomic mass is 9.98. The van der Waals surface area contributed by atoms with Crippen molar-refractivity contribution in [3.63, 3.8) is 0 Å². The molecule has 2 aliphatic rings. The number of benzene rings is 1. The van der Waals surface area contributed by atoms with Crippen molar-refractivity contribution < 1.29 is 22.7 Å². The van der Waals surface area contributed by atoms with Gasteiger partial charge in [0, 0.05) is 44.6 Å². The molecule has 10 heteroatoms. The van der Waals surface area contributed by atoms with Gasteiger partial charge in [-0.1, -0.05) is 0 Å². The maximum absolute atomic E-state index is 12.7. The molecule has 2 saturated heterocycles. The summed E-state index contributed by atoms with van der Waals surface area (Å²) in [4.78, 5) is 28.7. The minimum atomic E-state index is -3.32. The number of likely N-dealkylation sites (N-methyl/N-ethyl adjacent to an activating group) is 1. The van der Waals surface area contributed by atoms with Gasteiger partial charge in [0.2, 0.25) is 21.8 Å². The topological polar surface area (TPSA) is 99.3 Å². The third kappa shape index (κ3) is 5.93. The third-order valence-electron chi connectivity index (χ3n) is 5.49. The molecular weight excluding hydrogens is 408 g/mol. The Morgan fingerprint density at radius 3 is 2.47 bits per heavy atom. The SMILES string of the molecule is CN(CC(=O)Nc1ccc(N2CCOCC2)cc1)C(=O)C1CCCN(S(C)(=O)=O)C1. The molecule has 3 rings (SSSR count). The first-order chi connectivity index (χ1) is 14.2. The first-order valence-electron chi connectivity index (χ1n) is 10.2. The van der Waals surface area contributed by atoms with Crippen LogP contribution in [0.3, 0.4) is 0 Å². The van der Waals surface area contributed by atoms with Gasteiger partial charge in [-0.25, -0.2) is 12.7 Å². The molecule has 0 aliphatic carbocycles. The summed E-state index contributed by atoms with van der Waals surface area (Å²) < 4.78 is 30.2. The number of nitrogens with one attached hydrogen (secondary N) is 1. The van der Waals surface area contributed by atoms with Crippen LogP contribution in [0.2, 0.25) is 0 Å². The lowest BCUT2D eigenvalue weighted by Crippen LogP contribution is -2.46. The molecule has 166 valence electrons. The van der Waals surface area contributed by atoms with Gasteiger partial charge in [0.05, 0.1) is 31.9 Å². The van der Waals surface area contributed by atoms with Crippen LogP contribution in [0.5, 0.6) is 0 Å². The molecule has 1 aromatic carbocycles. The van der Waals surface area contributed by atoms with Crippen LogP contribution in [-0.4, -0.2) is 88.7 Å². The van der Waals surface area contributed by atoms with E-state index in [-0.39, 0.29) is 24.9 Å². The Balaban J connectivity index is 1.50. The molecular formula is C20H30N4O5S. The lowest BCUT2D eigenvalue weighted by molar-refractivity contribution is -0.138. The van der Waals surface area contributed by atoms with Crippen LogP contribution >= 0.6 is 0 Å². The molecule has 1 unspecified atom stereocenters. The number of carbonyl (C=O) groups excluding carboxylic acids is 2. The van der Waals surface area contributed by atoms with E-state index in [1.165, 1.54) is 9.21 Å². The molecule has 2 aliphatic heterocycles. The fraction of sp³-hybridized carbons (Fsp3) is 0.600. The van der Waals surface area contributed by atoms with E-state index in [9.17, 15) is 18.0 Å². The van der Waals surface area contributed by atoms with Gasteiger partial charge in [0.15, 0.2) is 0 Å². The Hall–Kier alpha value is -2.17. The molecule has 2 amide bonds. The summed E-state index contributed by atoms with van der Waals surface area (Å²) in [6, 6.07) is 7.60. The summed E-state index contributed by atoms with van der Waals surface area (Å²) in [5.74, 6) is -0.916. The summed E-state index contributed by atoms with van der Waals surface area (Å²) in [7, 11) is -1.75. The molecule has 0 aromatic heterocycles. The van der Waals surface area contributed by atoms with E-state index in [1.807, 2.05) is 24.3 Å². The number of hydrogen-bond donors (Lipinski definition) is 1. The highest BCUT2D eigenvalue weighted by molar-refractivity contribution is 7.88. The number of sulfonamides is 1. The number of ether oxygens (including phenoxy) is 1. The Morgan fingerprint density at radius 2 is 1.83 bits per heavy atom. The number of rotatable bonds is 6. The van der Waals surface area contributed by atoms with Crippen molar-refractivity contribution in [2.24, 2.45) is 5.92 Å². The van der Waals surface area contributed by atoms with Crippen LogP contribution in [-0.2, 0) is 24.3 Å². The van der Waals surface area contributed by atoms with Crippen LogP contribution in [0.4, 0.5) is 11.4 Å². The highest BCUT2D eigenvalue weighted by Crippen LogP contribution is 2.21. The zero-order valence-corrected chi connectivity index (χ0v) is 18.4. The largest absolute Gasteiger partial charge is 0.378 e. The monoisotopic (exact) mass is 438 g/mol. The molecule has 2 heterocycles. The van der Waals surface area contributed by atoms with E-state index in [1.54, 1.807) is 7.05 Å². The zero-order chi connectivity index (χ0) is 21.7. The number of piperidine rings is 1. The van der Waals surface area contributed by atoms with Crippen LogP contribution in [0.15, 0.2) is 24.3 Å². The first kappa shape index (κ1) is 22.5. The fourth-order valence-corrected chi connectivity index (χ4v) is 4.74. The maximum Gasteiger partial charge on any atom is 0.243 e. The maximum atomic E-state index is 12.7. The van der Waals surface area contributed by atoms with Crippen molar-refractivity contribution in [1.82, 2.24) is 9.21 Å². The number of amides is 2. The van der Waals surface area contributed by atoms with Gasteiger partial charge in [0.1, 0.15) is 0 Å². The van der Waals surface area contributed by atoms with Crippen LogP contribution in [0.25, 0.3) is 0 Å². The first-order valence-corrected chi connectivity index (χ1v) is 12.0. The van der Waals surface area contributed by atoms with Gasteiger partial charge in [-0.15, -0.1) is 0 Å². The van der Waals surface area contributed by atoms with Crippen LogP contribution in [0, 0.1) is 5.92 Å². The van der Waals surface area contributed by atoms with E-state index in [4.69, 9.17) is 4.74 Å². The van der Waals surface area contributed by atoms with E-state index >= 15 is 0 Å². The molecule has 0 saturated carbocycles. The summed E-state index contributed by atoms with van der Waals surface area (Å²) in [5.41, 5.74) is 1.75. The Bertz CT molecular complexity index is 852. The van der Waals surface area contributed by atoms with Crippen molar-refractivity contribution >= 4 is 33.2 Å². The highest BCUT2D eigenvalue weighted by Gasteiger charge is 2.32. The van der Waals surface area contributed by atoms with Crippen molar-refractivity contribution in [3.05, 3.63) is 24.3 Å². The Morgan fingerprint density at radius 1 is 1.17 bits per heavy atom. The summed E-state index contributed by atoms with van der Waals surface area (Å²) >= 11 is 0. The second kappa shape index (κ2) is 9.76. The quantitative estimate of drug-likeness (QED) is 0.698. The van der Waals surface area contributed by atoms with Crippen molar-refractivity contribution in [2.75, 3.05) is 69.5 Å². The third-order valence-corrected chi connectivity index (χ3v) is 6.76. The standard InChI is InChI=1S/C20H30N4O5S/c1-22(20(26)16-4-3-9-24(14-16)30(2,27)28)15-19(25)21-17-5-7-18(8-6-17)23-10-12-29-13-11-23/h5-8,16H,3-4,9-15H2,1-2H3,(H,21,25). The highest BCUT2D eigenvalue weighted by atomic mass is 32.2. The van der Waals surface area contributed by atoms with Crippen molar-refractivity contribution in [2.45, 2.75) is 12.8 Å². The number of nitrogens with zero attached hydrogens (tertiary/aromatic N) is 3. The molecule has 2 fully saturated rings. The van der Waals surface area contributed by atoms with Crippen LogP contribution in [0.1, 0.15) is 12.8 Å². The van der Waals surface area contributed by atoms with Gasteiger partial charge < -0.3 is 19.9 Å². The Kier molecular flexibility index (Phi) is 7.32. The van der Waals surface area contributed by atoms with Gasteiger partial charge >= 0.3 is 0 Å². The second-order valence-corrected chi connectivity index (χ2v) is 9.83. The van der Waals surface area contributed by atoms with Gasteiger partial charge in [0.25, 0.3) is 0 Å². The number of hydrogen-bond acceptors (Lipinski definition) is 6. The molecule has 1 atom stereocenters. The van der Waals surface area contributed by atoms with E-state index in [2.05, 4.69) is 10.2 Å². The lowest BCUT2D eigenvalue weighted by Gasteiger charge is -2.32. The molecule has 30 heavy (non-hydrogen) atoms. The molecule has 0 radical (unpaired) electrons. The van der Waals surface area contributed by atoms with Crippen molar-refractivity contribution in [1.29, 1.82) is 0 Å². The average Bonchev–Trinajstić information content (AvgIpc) is 2.73. The molecule has 1 aromatic rings. The van der Waals surface area contributed by atoms with Gasteiger partial charge in [-0.2, -0.15) is 0 Å². The van der Waals surface area contributed by atoms with E-state index in [0.717, 1.165) is 25.0 Å².